The molecule has 0 bridgehead atoms. The Morgan fingerprint density at radius 3 is 2.60 bits per heavy atom. The van der Waals surface area contributed by atoms with Gasteiger partial charge >= 0.3 is 0 Å². The maximum atomic E-state index is 11.7. The molecule has 1 amide bonds. The summed E-state index contributed by atoms with van der Waals surface area (Å²) in [6, 6.07) is -0.0290. The number of nitrogens with zero attached hydrogens (tertiary/aromatic N) is 2. The first-order valence-corrected chi connectivity index (χ1v) is 5.46. The minimum atomic E-state index is -0.0290. The maximum absolute atomic E-state index is 11.7. The summed E-state index contributed by atoms with van der Waals surface area (Å²) < 4.78 is 0. The third kappa shape index (κ3) is 3.64. The Kier molecular flexibility index (Phi) is 4.78. The van der Waals surface area contributed by atoms with Crippen molar-refractivity contribution in [2.75, 3.05) is 39.8 Å². The molecule has 1 rings (SSSR count). The van der Waals surface area contributed by atoms with Crippen LogP contribution in [-0.2, 0) is 4.79 Å². The van der Waals surface area contributed by atoms with Gasteiger partial charge in [-0.1, -0.05) is 6.08 Å². The molecule has 86 valence electrons. The van der Waals surface area contributed by atoms with Crippen molar-refractivity contribution >= 4 is 5.91 Å². The second kappa shape index (κ2) is 5.88. The van der Waals surface area contributed by atoms with Crippen LogP contribution in [0.1, 0.15) is 6.92 Å². The molecule has 0 radical (unpaired) electrons. The van der Waals surface area contributed by atoms with E-state index in [0.29, 0.717) is 6.54 Å². The van der Waals surface area contributed by atoms with E-state index >= 15 is 0 Å². The van der Waals surface area contributed by atoms with Gasteiger partial charge in [0.25, 0.3) is 0 Å². The minimum Gasteiger partial charge on any atom is -0.351 e. The monoisotopic (exact) mass is 211 g/mol. The minimum absolute atomic E-state index is 0.0290. The SMILES string of the molecule is C=CCNC(=O)[C@H](C)N1CCN(C)CC1. The van der Waals surface area contributed by atoms with Gasteiger partial charge in [0.15, 0.2) is 0 Å². The lowest BCUT2D eigenvalue weighted by atomic mass is 10.2. The predicted molar refractivity (Wildman–Crippen MR) is 61.7 cm³/mol. The Labute approximate surface area is 91.9 Å². The van der Waals surface area contributed by atoms with Crippen molar-refractivity contribution in [3.05, 3.63) is 12.7 Å². The van der Waals surface area contributed by atoms with Gasteiger partial charge in [-0.15, -0.1) is 6.58 Å². The lowest BCUT2D eigenvalue weighted by molar-refractivity contribution is -0.126. The van der Waals surface area contributed by atoms with E-state index in [9.17, 15) is 4.79 Å². The Balaban J connectivity index is 2.35. The molecule has 1 atom stereocenters. The molecule has 4 nitrogen and oxygen atoms in total. The normalized spacial score (nSPS) is 20.9. The molecule has 1 fully saturated rings. The molecule has 0 spiro atoms. The Morgan fingerprint density at radius 1 is 1.47 bits per heavy atom. The first-order valence-electron chi connectivity index (χ1n) is 5.46. The molecular weight excluding hydrogens is 190 g/mol. The van der Waals surface area contributed by atoms with E-state index in [-0.39, 0.29) is 11.9 Å². The van der Waals surface area contributed by atoms with Gasteiger partial charge in [0, 0.05) is 32.7 Å². The Morgan fingerprint density at radius 2 is 2.07 bits per heavy atom. The van der Waals surface area contributed by atoms with Gasteiger partial charge in [0.2, 0.25) is 5.91 Å². The van der Waals surface area contributed by atoms with Crippen molar-refractivity contribution in [1.82, 2.24) is 15.1 Å². The van der Waals surface area contributed by atoms with Crippen LogP contribution in [-0.4, -0.2) is 61.5 Å². The molecule has 0 aromatic heterocycles. The topological polar surface area (TPSA) is 35.6 Å². The van der Waals surface area contributed by atoms with Gasteiger partial charge in [-0.05, 0) is 14.0 Å². The lowest BCUT2D eigenvalue weighted by Gasteiger charge is -2.35. The van der Waals surface area contributed by atoms with Crippen LogP contribution in [0.5, 0.6) is 0 Å². The average molecular weight is 211 g/mol. The number of hydrogen-bond donors (Lipinski definition) is 1. The van der Waals surface area contributed by atoms with Crippen molar-refractivity contribution in [1.29, 1.82) is 0 Å². The molecule has 1 aliphatic rings. The Bertz CT molecular complexity index is 222. The third-order valence-corrected chi connectivity index (χ3v) is 2.89. The molecular formula is C11H21N3O. The second-order valence-electron chi connectivity index (χ2n) is 4.05. The van der Waals surface area contributed by atoms with Gasteiger partial charge in [0.1, 0.15) is 0 Å². The predicted octanol–water partition coefficient (Wildman–Crippen LogP) is -0.0755. The zero-order valence-corrected chi connectivity index (χ0v) is 9.70. The van der Waals surface area contributed by atoms with Crippen LogP contribution in [0.15, 0.2) is 12.7 Å². The highest BCUT2D eigenvalue weighted by Gasteiger charge is 2.23. The fourth-order valence-corrected chi connectivity index (χ4v) is 1.70. The largest absolute Gasteiger partial charge is 0.351 e. The molecule has 1 saturated heterocycles. The maximum Gasteiger partial charge on any atom is 0.237 e. The zero-order valence-electron chi connectivity index (χ0n) is 9.70. The first-order chi connectivity index (χ1) is 7.15. The third-order valence-electron chi connectivity index (χ3n) is 2.89. The summed E-state index contributed by atoms with van der Waals surface area (Å²) in [5.74, 6) is 0.0967. The number of piperazine rings is 1. The van der Waals surface area contributed by atoms with E-state index in [1.807, 2.05) is 6.92 Å². The highest BCUT2D eigenvalue weighted by atomic mass is 16.2. The number of carbonyl (C=O) groups excluding carboxylic acids is 1. The molecule has 0 aromatic carbocycles. The first kappa shape index (κ1) is 12.2. The summed E-state index contributed by atoms with van der Waals surface area (Å²) in [5, 5.41) is 2.83. The Hall–Kier alpha value is -0.870. The van der Waals surface area contributed by atoms with E-state index in [4.69, 9.17) is 0 Å². The molecule has 15 heavy (non-hydrogen) atoms. The van der Waals surface area contributed by atoms with Crippen LogP contribution in [0.25, 0.3) is 0 Å². The number of hydrogen-bond acceptors (Lipinski definition) is 3. The second-order valence-corrected chi connectivity index (χ2v) is 4.05. The van der Waals surface area contributed by atoms with E-state index in [1.54, 1.807) is 6.08 Å². The molecule has 0 aliphatic carbocycles. The summed E-state index contributed by atoms with van der Waals surface area (Å²) in [4.78, 5) is 16.2. The fourth-order valence-electron chi connectivity index (χ4n) is 1.70. The molecule has 4 heteroatoms. The van der Waals surface area contributed by atoms with Crippen molar-refractivity contribution < 1.29 is 4.79 Å². The van der Waals surface area contributed by atoms with Crippen molar-refractivity contribution in [3.8, 4) is 0 Å². The molecule has 0 saturated carbocycles. The lowest BCUT2D eigenvalue weighted by Crippen LogP contribution is -2.53. The van der Waals surface area contributed by atoms with E-state index in [0.717, 1.165) is 26.2 Å². The number of likely N-dealkylation sites (N-methyl/N-ethyl adjacent to an activating group) is 1. The fraction of sp³-hybridized carbons (Fsp3) is 0.727. The van der Waals surface area contributed by atoms with Gasteiger partial charge in [-0.2, -0.15) is 0 Å². The van der Waals surface area contributed by atoms with Gasteiger partial charge in [-0.3, -0.25) is 9.69 Å². The van der Waals surface area contributed by atoms with Gasteiger partial charge in [0.05, 0.1) is 6.04 Å². The van der Waals surface area contributed by atoms with Crippen LogP contribution in [0.2, 0.25) is 0 Å². The standard InChI is InChI=1S/C11H21N3O/c1-4-5-12-11(15)10(2)14-8-6-13(3)7-9-14/h4,10H,1,5-9H2,2-3H3,(H,12,15)/t10-/m0/s1. The van der Waals surface area contributed by atoms with Crippen LogP contribution in [0, 0.1) is 0 Å². The van der Waals surface area contributed by atoms with Gasteiger partial charge in [-0.25, -0.2) is 0 Å². The number of amides is 1. The summed E-state index contributed by atoms with van der Waals surface area (Å²) in [5.41, 5.74) is 0. The van der Waals surface area contributed by atoms with E-state index in [1.165, 1.54) is 0 Å². The van der Waals surface area contributed by atoms with Crippen molar-refractivity contribution in [2.24, 2.45) is 0 Å². The molecule has 0 aromatic rings. The molecule has 0 unspecified atom stereocenters. The van der Waals surface area contributed by atoms with Crippen LogP contribution < -0.4 is 5.32 Å². The average Bonchev–Trinajstić information content (AvgIpc) is 2.26. The van der Waals surface area contributed by atoms with Crippen LogP contribution in [0.3, 0.4) is 0 Å². The highest BCUT2D eigenvalue weighted by Crippen LogP contribution is 2.04. The highest BCUT2D eigenvalue weighted by molar-refractivity contribution is 5.81. The summed E-state index contributed by atoms with van der Waals surface area (Å²) in [7, 11) is 2.11. The van der Waals surface area contributed by atoms with Crippen molar-refractivity contribution in [3.63, 3.8) is 0 Å². The molecule has 1 N–H and O–H groups in total. The summed E-state index contributed by atoms with van der Waals surface area (Å²) in [6.45, 7) is 10.1. The number of rotatable bonds is 4. The van der Waals surface area contributed by atoms with Crippen LogP contribution in [0.4, 0.5) is 0 Å². The zero-order chi connectivity index (χ0) is 11.3. The van der Waals surface area contributed by atoms with Gasteiger partial charge < -0.3 is 10.2 Å². The van der Waals surface area contributed by atoms with Crippen molar-refractivity contribution in [2.45, 2.75) is 13.0 Å². The summed E-state index contributed by atoms with van der Waals surface area (Å²) >= 11 is 0. The number of nitrogens with one attached hydrogen (secondary N) is 1. The van der Waals surface area contributed by atoms with E-state index < -0.39 is 0 Å². The molecule has 1 aliphatic heterocycles. The number of carbonyl (C=O) groups is 1. The summed E-state index contributed by atoms with van der Waals surface area (Å²) in [6.07, 6.45) is 1.70. The van der Waals surface area contributed by atoms with Crippen LogP contribution >= 0.6 is 0 Å². The van der Waals surface area contributed by atoms with E-state index in [2.05, 4.69) is 28.7 Å². The molecule has 1 heterocycles. The smallest absolute Gasteiger partial charge is 0.237 e. The quantitative estimate of drug-likeness (QED) is 0.661.